The summed E-state index contributed by atoms with van der Waals surface area (Å²) in [5, 5.41) is 11.0. The fourth-order valence-corrected chi connectivity index (χ4v) is 2.85. The number of ether oxygens (including phenoxy) is 1. The number of amides is 1. The highest BCUT2D eigenvalue weighted by Crippen LogP contribution is 2.26. The summed E-state index contributed by atoms with van der Waals surface area (Å²) in [5.74, 6) is 0.515. The zero-order chi connectivity index (χ0) is 18.7. The molecule has 25 heavy (non-hydrogen) atoms. The number of nitrogens with two attached hydrogens (primary N) is 1. The molecule has 0 aromatic heterocycles. The van der Waals surface area contributed by atoms with E-state index in [9.17, 15) is 14.9 Å². The van der Waals surface area contributed by atoms with Gasteiger partial charge in [0.15, 0.2) is 0 Å². The van der Waals surface area contributed by atoms with Gasteiger partial charge < -0.3 is 15.4 Å². The van der Waals surface area contributed by atoms with Crippen molar-refractivity contribution in [2.45, 2.75) is 20.4 Å². The number of hydrogen-bond donors (Lipinski definition) is 1. The Balaban J connectivity index is 2.24. The van der Waals surface area contributed by atoms with Crippen LogP contribution in [0.2, 0.25) is 0 Å². The van der Waals surface area contributed by atoms with Gasteiger partial charge in [-0.1, -0.05) is 12.1 Å². The summed E-state index contributed by atoms with van der Waals surface area (Å²) in [6.45, 7) is 4.27. The fourth-order valence-electron chi connectivity index (χ4n) is 2.85. The SMILES string of the molecule is COc1c(C)cc(CN(C)C(=O)c2ccc(N)c([N+](=O)[O-])c2)cc1C. The Bertz CT molecular complexity index is 810. The Kier molecular flexibility index (Phi) is 5.26. The fraction of sp³-hybridized carbons (Fsp3) is 0.278. The predicted octanol–water partition coefficient (Wildman–Crippen LogP) is 3.07. The second-order valence-electron chi connectivity index (χ2n) is 5.95. The van der Waals surface area contributed by atoms with Crippen molar-refractivity contribution in [3.05, 3.63) is 62.7 Å². The van der Waals surface area contributed by atoms with Gasteiger partial charge in [-0.05, 0) is 42.7 Å². The molecule has 0 fully saturated rings. The van der Waals surface area contributed by atoms with Crippen LogP contribution in [0.15, 0.2) is 30.3 Å². The van der Waals surface area contributed by atoms with Crippen molar-refractivity contribution < 1.29 is 14.5 Å². The summed E-state index contributed by atoms with van der Waals surface area (Å²) in [5.41, 5.74) is 8.49. The summed E-state index contributed by atoms with van der Waals surface area (Å²) in [7, 11) is 3.28. The molecule has 0 radical (unpaired) electrons. The average molecular weight is 343 g/mol. The highest BCUT2D eigenvalue weighted by atomic mass is 16.6. The van der Waals surface area contributed by atoms with Crippen LogP contribution in [0.4, 0.5) is 11.4 Å². The number of aryl methyl sites for hydroxylation is 2. The maximum atomic E-state index is 12.6. The van der Waals surface area contributed by atoms with Gasteiger partial charge in [0.05, 0.1) is 12.0 Å². The van der Waals surface area contributed by atoms with E-state index in [1.807, 2.05) is 26.0 Å². The van der Waals surface area contributed by atoms with Gasteiger partial charge in [-0.3, -0.25) is 14.9 Å². The molecule has 7 nitrogen and oxygen atoms in total. The Morgan fingerprint density at radius 3 is 2.36 bits per heavy atom. The number of carbonyl (C=O) groups is 1. The minimum atomic E-state index is -0.595. The average Bonchev–Trinajstić information content (AvgIpc) is 2.54. The van der Waals surface area contributed by atoms with Crippen molar-refractivity contribution in [3.63, 3.8) is 0 Å². The topological polar surface area (TPSA) is 98.7 Å². The first-order valence-electron chi connectivity index (χ1n) is 7.68. The van der Waals surface area contributed by atoms with Gasteiger partial charge in [0.25, 0.3) is 11.6 Å². The van der Waals surface area contributed by atoms with Gasteiger partial charge in [-0.2, -0.15) is 0 Å². The van der Waals surface area contributed by atoms with Crippen LogP contribution < -0.4 is 10.5 Å². The van der Waals surface area contributed by atoms with Crippen molar-refractivity contribution >= 4 is 17.3 Å². The second-order valence-corrected chi connectivity index (χ2v) is 5.95. The van der Waals surface area contributed by atoms with Gasteiger partial charge in [-0.15, -0.1) is 0 Å². The number of rotatable bonds is 5. The third kappa shape index (κ3) is 3.88. The number of nitro benzene ring substituents is 1. The van der Waals surface area contributed by atoms with Crippen LogP contribution in [-0.4, -0.2) is 29.9 Å². The van der Waals surface area contributed by atoms with Gasteiger partial charge in [0.2, 0.25) is 0 Å². The molecule has 1 amide bonds. The van der Waals surface area contributed by atoms with Crippen molar-refractivity contribution in [2.75, 3.05) is 19.9 Å². The number of nitrogen functional groups attached to an aromatic ring is 1. The minimum absolute atomic E-state index is 0.0330. The van der Waals surface area contributed by atoms with Gasteiger partial charge >= 0.3 is 0 Å². The van der Waals surface area contributed by atoms with Crippen LogP contribution in [0.25, 0.3) is 0 Å². The minimum Gasteiger partial charge on any atom is -0.496 e. The van der Waals surface area contributed by atoms with E-state index in [1.54, 1.807) is 14.2 Å². The summed E-state index contributed by atoms with van der Waals surface area (Å²) in [4.78, 5) is 24.5. The van der Waals surface area contributed by atoms with Crippen LogP contribution in [0.5, 0.6) is 5.75 Å². The van der Waals surface area contributed by atoms with E-state index in [2.05, 4.69) is 0 Å². The van der Waals surface area contributed by atoms with E-state index < -0.39 is 4.92 Å². The molecule has 0 spiro atoms. The van der Waals surface area contributed by atoms with Crippen molar-refractivity contribution in [3.8, 4) is 5.75 Å². The molecule has 132 valence electrons. The summed E-state index contributed by atoms with van der Waals surface area (Å²) in [6.07, 6.45) is 0. The molecule has 0 saturated carbocycles. The Hall–Kier alpha value is -3.09. The van der Waals surface area contributed by atoms with E-state index in [0.717, 1.165) is 22.4 Å². The maximum Gasteiger partial charge on any atom is 0.292 e. The van der Waals surface area contributed by atoms with Gasteiger partial charge in [0.1, 0.15) is 11.4 Å². The molecule has 0 aliphatic rings. The lowest BCUT2D eigenvalue weighted by atomic mass is 10.0. The zero-order valence-electron chi connectivity index (χ0n) is 14.7. The van der Waals surface area contributed by atoms with Crippen LogP contribution >= 0.6 is 0 Å². The molecule has 2 N–H and O–H groups in total. The lowest BCUT2D eigenvalue weighted by Crippen LogP contribution is -2.26. The summed E-state index contributed by atoms with van der Waals surface area (Å²) in [6, 6.07) is 7.99. The molecule has 0 aliphatic carbocycles. The second kappa shape index (κ2) is 7.21. The molecule has 2 aromatic rings. The van der Waals surface area contributed by atoms with E-state index in [4.69, 9.17) is 10.5 Å². The number of nitro groups is 1. The lowest BCUT2D eigenvalue weighted by Gasteiger charge is -2.19. The summed E-state index contributed by atoms with van der Waals surface area (Å²) < 4.78 is 5.34. The third-order valence-electron chi connectivity index (χ3n) is 3.96. The Morgan fingerprint density at radius 1 is 1.24 bits per heavy atom. The summed E-state index contributed by atoms with van der Waals surface area (Å²) >= 11 is 0. The molecule has 2 aromatic carbocycles. The normalized spacial score (nSPS) is 10.4. The van der Waals surface area contributed by atoms with E-state index in [0.29, 0.717) is 6.54 Å². The molecule has 0 aliphatic heterocycles. The Morgan fingerprint density at radius 2 is 1.84 bits per heavy atom. The van der Waals surface area contributed by atoms with Crippen molar-refractivity contribution in [1.82, 2.24) is 4.90 Å². The first kappa shape index (κ1) is 18.3. The standard InChI is InChI=1S/C18H21N3O4/c1-11-7-13(8-12(2)17(11)25-4)10-20(3)18(22)14-5-6-15(19)16(9-14)21(23)24/h5-9H,10,19H2,1-4H3. The maximum absolute atomic E-state index is 12.6. The van der Waals surface area contributed by atoms with E-state index in [-0.39, 0.29) is 22.8 Å². The van der Waals surface area contributed by atoms with E-state index >= 15 is 0 Å². The van der Waals surface area contributed by atoms with E-state index in [1.165, 1.54) is 23.1 Å². The number of methoxy groups -OCH3 is 1. The van der Waals surface area contributed by atoms with Crippen molar-refractivity contribution in [1.29, 1.82) is 0 Å². The highest BCUT2D eigenvalue weighted by Gasteiger charge is 2.18. The molecule has 0 atom stereocenters. The monoisotopic (exact) mass is 343 g/mol. The van der Waals surface area contributed by atoms with Gasteiger partial charge in [0, 0.05) is 25.2 Å². The lowest BCUT2D eigenvalue weighted by molar-refractivity contribution is -0.383. The first-order valence-corrected chi connectivity index (χ1v) is 7.68. The molecule has 7 heteroatoms. The largest absolute Gasteiger partial charge is 0.496 e. The first-order chi connectivity index (χ1) is 11.7. The van der Waals surface area contributed by atoms with Crippen LogP contribution in [0.1, 0.15) is 27.0 Å². The van der Waals surface area contributed by atoms with Crippen LogP contribution in [-0.2, 0) is 6.54 Å². The third-order valence-corrected chi connectivity index (χ3v) is 3.96. The molecular weight excluding hydrogens is 322 g/mol. The molecule has 0 unspecified atom stereocenters. The highest BCUT2D eigenvalue weighted by molar-refractivity contribution is 5.95. The smallest absolute Gasteiger partial charge is 0.292 e. The number of carbonyl (C=O) groups excluding carboxylic acids is 1. The van der Waals surface area contributed by atoms with Crippen molar-refractivity contribution in [2.24, 2.45) is 0 Å². The number of anilines is 1. The number of benzene rings is 2. The molecule has 0 bridgehead atoms. The number of hydrogen-bond acceptors (Lipinski definition) is 5. The predicted molar refractivity (Wildman–Crippen MR) is 95.8 cm³/mol. The number of nitrogens with zero attached hydrogens (tertiary/aromatic N) is 2. The molecular formula is C18H21N3O4. The zero-order valence-corrected chi connectivity index (χ0v) is 14.7. The molecule has 0 heterocycles. The van der Waals surface area contributed by atoms with Crippen LogP contribution in [0, 0.1) is 24.0 Å². The Labute approximate surface area is 146 Å². The van der Waals surface area contributed by atoms with Gasteiger partial charge in [-0.25, -0.2) is 0 Å². The molecule has 0 saturated heterocycles. The molecule has 2 rings (SSSR count). The van der Waals surface area contributed by atoms with Crippen LogP contribution in [0.3, 0.4) is 0 Å². The quantitative estimate of drug-likeness (QED) is 0.511.